The molecule has 0 bridgehead atoms. The van der Waals surface area contributed by atoms with E-state index in [1.807, 2.05) is 0 Å². The van der Waals surface area contributed by atoms with Crippen molar-refractivity contribution in [3.8, 4) is 0 Å². The Morgan fingerprint density at radius 3 is 2.89 bits per heavy atom. The maximum atomic E-state index is 8.65. The summed E-state index contributed by atoms with van der Waals surface area (Å²) in [7, 11) is 0. The molecule has 0 spiro atoms. The average Bonchev–Trinajstić information content (AvgIpc) is 1.89. The summed E-state index contributed by atoms with van der Waals surface area (Å²) < 4.78 is 0.903. The van der Waals surface area contributed by atoms with Gasteiger partial charge in [0.1, 0.15) is 0 Å². The molecule has 1 aromatic rings. The largest absolute Gasteiger partial charge is 0.392 e. The van der Waals surface area contributed by atoms with Crippen LogP contribution in [0.5, 0.6) is 0 Å². The van der Waals surface area contributed by atoms with Gasteiger partial charge in [0, 0.05) is 22.4 Å². The first-order valence-electron chi connectivity index (χ1n) is 2.54. The fourth-order valence-electron chi connectivity index (χ4n) is 0.527. The van der Waals surface area contributed by atoms with Gasteiger partial charge in [-0.2, -0.15) is 0 Å². The van der Waals surface area contributed by atoms with Crippen LogP contribution in [0.25, 0.3) is 0 Å². The first-order chi connectivity index (χ1) is 4.34. The van der Waals surface area contributed by atoms with Crippen molar-refractivity contribution >= 4 is 15.9 Å². The van der Waals surface area contributed by atoms with Crippen LogP contribution in [0.15, 0.2) is 22.9 Å². The van der Waals surface area contributed by atoms with Gasteiger partial charge in [0.2, 0.25) is 0 Å². The third-order valence-electron chi connectivity index (χ3n) is 1.01. The van der Waals surface area contributed by atoms with Gasteiger partial charge < -0.3 is 5.11 Å². The predicted octanol–water partition coefficient (Wildman–Crippen LogP) is 1.34. The fourth-order valence-corrected chi connectivity index (χ4v) is 0.873. The van der Waals surface area contributed by atoms with Crippen molar-refractivity contribution in [3.05, 3.63) is 28.5 Å². The highest BCUT2D eigenvalue weighted by Crippen LogP contribution is 2.13. The number of aromatic nitrogens is 1. The second-order valence-corrected chi connectivity index (χ2v) is 2.48. The van der Waals surface area contributed by atoms with E-state index >= 15 is 0 Å². The SMILES string of the molecule is OCc1cnccc1Br. The van der Waals surface area contributed by atoms with Crippen molar-refractivity contribution in [2.45, 2.75) is 6.61 Å². The Hall–Kier alpha value is -0.410. The molecule has 1 aromatic heterocycles. The van der Waals surface area contributed by atoms with Crippen molar-refractivity contribution in [1.82, 2.24) is 4.98 Å². The molecule has 0 radical (unpaired) electrons. The zero-order valence-electron chi connectivity index (χ0n) is 4.71. The van der Waals surface area contributed by atoms with E-state index in [0.29, 0.717) is 0 Å². The van der Waals surface area contributed by atoms with E-state index in [1.54, 1.807) is 18.5 Å². The van der Waals surface area contributed by atoms with Gasteiger partial charge in [-0.25, -0.2) is 0 Å². The number of rotatable bonds is 1. The third-order valence-corrected chi connectivity index (χ3v) is 1.79. The van der Waals surface area contributed by atoms with Crippen LogP contribution in [0.3, 0.4) is 0 Å². The Balaban J connectivity index is 3.01. The van der Waals surface area contributed by atoms with Crippen LogP contribution in [-0.2, 0) is 6.61 Å². The molecule has 0 aliphatic carbocycles. The van der Waals surface area contributed by atoms with E-state index in [2.05, 4.69) is 20.9 Å². The molecule has 48 valence electrons. The summed E-state index contributed by atoms with van der Waals surface area (Å²) in [4.78, 5) is 3.83. The van der Waals surface area contributed by atoms with Gasteiger partial charge in [-0.3, -0.25) is 4.98 Å². The summed E-state index contributed by atoms with van der Waals surface area (Å²) in [6, 6.07) is 1.80. The van der Waals surface area contributed by atoms with E-state index in [9.17, 15) is 0 Å². The second kappa shape index (κ2) is 2.94. The molecule has 1 rings (SSSR count). The molecule has 0 amide bonds. The minimum absolute atomic E-state index is 0.0361. The monoisotopic (exact) mass is 187 g/mol. The molecule has 0 aliphatic heterocycles. The lowest BCUT2D eigenvalue weighted by Crippen LogP contribution is -1.84. The lowest BCUT2D eigenvalue weighted by Gasteiger charge is -1.95. The highest BCUT2D eigenvalue weighted by atomic mass is 79.9. The van der Waals surface area contributed by atoms with Crippen LogP contribution in [-0.4, -0.2) is 10.1 Å². The van der Waals surface area contributed by atoms with E-state index in [1.165, 1.54) is 0 Å². The fraction of sp³-hybridized carbons (Fsp3) is 0.167. The molecular formula is C6H6BrNO. The smallest absolute Gasteiger partial charge is 0.0707 e. The second-order valence-electron chi connectivity index (χ2n) is 1.63. The Kier molecular flexibility index (Phi) is 2.19. The van der Waals surface area contributed by atoms with Gasteiger partial charge in [-0.05, 0) is 6.07 Å². The molecular weight excluding hydrogens is 182 g/mol. The summed E-state index contributed by atoms with van der Waals surface area (Å²) in [5.41, 5.74) is 0.817. The first-order valence-corrected chi connectivity index (χ1v) is 3.33. The molecule has 1 heterocycles. The summed E-state index contributed by atoms with van der Waals surface area (Å²) in [6.45, 7) is 0.0361. The van der Waals surface area contributed by atoms with Crippen molar-refractivity contribution in [3.63, 3.8) is 0 Å². The Bertz CT molecular complexity index is 202. The van der Waals surface area contributed by atoms with Crippen LogP contribution in [0.1, 0.15) is 5.56 Å². The molecule has 3 heteroatoms. The number of aliphatic hydroxyl groups excluding tert-OH is 1. The molecule has 0 atom stereocenters. The number of aliphatic hydroxyl groups is 1. The van der Waals surface area contributed by atoms with E-state index in [-0.39, 0.29) is 6.61 Å². The highest BCUT2D eigenvalue weighted by molar-refractivity contribution is 9.10. The van der Waals surface area contributed by atoms with Gasteiger partial charge in [-0.1, -0.05) is 15.9 Å². The molecule has 1 N–H and O–H groups in total. The summed E-state index contributed by atoms with van der Waals surface area (Å²) >= 11 is 3.26. The van der Waals surface area contributed by atoms with Gasteiger partial charge in [0.25, 0.3) is 0 Å². The molecule has 0 saturated heterocycles. The van der Waals surface area contributed by atoms with Crippen LogP contribution >= 0.6 is 15.9 Å². The van der Waals surface area contributed by atoms with Crippen molar-refractivity contribution in [1.29, 1.82) is 0 Å². The Morgan fingerprint density at radius 2 is 2.44 bits per heavy atom. The highest BCUT2D eigenvalue weighted by Gasteiger charge is 1.93. The third kappa shape index (κ3) is 1.50. The zero-order valence-corrected chi connectivity index (χ0v) is 6.30. The number of hydrogen-bond acceptors (Lipinski definition) is 2. The predicted molar refractivity (Wildman–Crippen MR) is 37.9 cm³/mol. The molecule has 0 saturated carbocycles. The van der Waals surface area contributed by atoms with E-state index in [4.69, 9.17) is 5.11 Å². The minimum Gasteiger partial charge on any atom is -0.392 e. The number of nitrogens with zero attached hydrogens (tertiary/aromatic N) is 1. The van der Waals surface area contributed by atoms with E-state index < -0.39 is 0 Å². The van der Waals surface area contributed by atoms with Crippen LogP contribution in [0, 0.1) is 0 Å². The molecule has 0 unspecified atom stereocenters. The lowest BCUT2D eigenvalue weighted by molar-refractivity contribution is 0.280. The maximum Gasteiger partial charge on any atom is 0.0707 e. The number of halogens is 1. The average molecular weight is 188 g/mol. The summed E-state index contributed by atoms with van der Waals surface area (Å²) in [5, 5.41) is 8.65. The van der Waals surface area contributed by atoms with Gasteiger partial charge in [0.15, 0.2) is 0 Å². The van der Waals surface area contributed by atoms with Gasteiger partial charge in [-0.15, -0.1) is 0 Å². The van der Waals surface area contributed by atoms with Crippen molar-refractivity contribution in [2.75, 3.05) is 0 Å². The standard InChI is InChI=1S/C6H6BrNO/c7-6-1-2-8-3-5(6)4-9/h1-3,9H,4H2. The summed E-state index contributed by atoms with van der Waals surface area (Å²) in [6.07, 6.45) is 3.30. The Labute approximate surface area is 61.7 Å². The molecule has 2 nitrogen and oxygen atoms in total. The molecule has 0 aromatic carbocycles. The Morgan fingerprint density at radius 1 is 1.67 bits per heavy atom. The molecule has 0 fully saturated rings. The van der Waals surface area contributed by atoms with Crippen molar-refractivity contribution < 1.29 is 5.11 Å². The first kappa shape index (κ1) is 6.71. The van der Waals surface area contributed by atoms with Crippen molar-refractivity contribution in [2.24, 2.45) is 0 Å². The quantitative estimate of drug-likeness (QED) is 0.721. The topological polar surface area (TPSA) is 33.1 Å². The molecule has 0 aliphatic rings. The normalized spacial score (nSPS) is 9.56. The van der Waals surface area contributed by atoms with Crippen LogP contribution in [0.4, 0.5) is 0 Å². The maximum absolute atomic E-state index is 8.65. The minimum atomic E-state index is 0.0361. The van der Waals surface area contributed by atoms with Crippen LogP contribution < -0.4 is 0 Å². The van der Waals surface area contributed by atoms with Gasteiger partial charge in [0.05, 0.1) is 6.61 Å². The summed E-state index contributed by atoms with van der Waals surface area (Å²) in [5.74, 6) is 0. The molecule has 9 heavy (non-hydrogen) atoms. The van der Waals surface area contributed by atoms with E-state index in [0.717, 1.165) is 10.0 Å². The number of hydrogen-bond donors (Lipinski definition) is 1. The van der Waals surface area contributed by atoms with Gasteiger partial charge >= 0.3 is 0 Å². The zero-order chi connectivity index (χ0) is 6.69. The lowest BCUT2D eigenvalue weighted by atomic mass is 10.3. The number of pyridine rings is 1. The van der Waals surface area contributed by atoms with Crippen LogP contribution in [0.2, 0.25) is 0 Å².